The van der Waals surface area contributed by atoms with Crippen LogP contribution in [0.25, 0.3) is 0 Å². The smallest absolute Gasteiger partial charge is 0.310 e. The van der Waals surface area contributed by atoms with Crippen LogP contribution < -0.4 is 5.32 Å². The van der Waals surface area contributed by atoms with Crippen LogP contribution in [-0.4, -0.2) is 24.2 Å². The van der Waals surface area contributed by atoms with Crippen molar-refractivity contribution in [2.75, 3.05) is 6.61 Å². The average Bonchev–Trinajstić information content (AvgIpc) is 2.55. The van der Waals surface area contributed by atoms with Gasteiger partial charge in [-0.1, -0.05) is 13.3 Å². The third-order valence-electron chi connectivity index (χ3n) is 4.08. The molecule has 3 nitrogen and oxygen atoms in total. The molecule has 0 aromatic rings. The molecule has 2 aliphatic rings. The summed E-state index contributed by atoms with van der Waals surface area (Å²) in [6.07, 6.45) is 6.02. The summed E-state index contributed by atoms with van der Waals surface area (Å²) >= 11 is 0. The van der Waals surface area contributed by atoms with E-state index in [0.717, 1.165) is 12.8 Å². The highest BCUT2D eigenvalue weighted by molar-refractivity contribution is 5.73. The van der Waals surface area contributed by atoms with Gasteiger partial charge in [-0.05, 0) is 32.6 Å². The highest BCUT2D eigenvalue weighted by Crippen LogP contribution is 2.40. The highest BCUT2D eigenvalue weighted by Gasteiger charge is 2.47. The Balaban J connectivity index is 2.05. The van der Waals surface area contributed by atoms with Crippen LogP contribution in [0.4, 0.5) is 0 Å². The number of hydrogen-bond donors (Lipinski definition) is 1. The quantitative estimate of drug-likeness (QED) is 0.724. The van der Waals surface area contributed by atoms with Crippen molar-refractivity contribution in [2.45, 2.75) is 57.5 Å². The molecule has 15 heavy (non-hydrogen) atoms. The minimum Gasteiger partial charge on any atom is -0.466 e. The summed E-state index contributed by atoms with van der Waals surface area (Å²) in [4.78, 5) is 11.8. The van der Waals surface area contributed by atoms with Gasteiger partial charge in [0, 0.05) is 11.6 Å². The first-order chi connectivity index (χ1) is 7.18. The molecule has 2 saturated heterocycles. The van der Waals surface area contributed by atoms with E-state index in [0.29, 0.717) is 12.6 Å². The van der Waals surface area contributed by atoms with Gasteiger partial charge in [0.05, 0.1) is 12.5 Å². The van der Waals surface area contributed by atoms with Crippen LogP contribution in [0, 0.1) is 5.92 Å². The highest BCUT2D eigenvalue weighted by atomic mass is 16.5. The van der Waals surface area contributed by atoms with E-state index in [1.165, 1.54) is 19.3 Å². The molecular formula is C12H21NO2. The SMILES string of the molecule is CCOC(=O)C(C)C12CCCC(CC1)N2. The molecule has 0 aliphatic carbocycles. The van der Waals surface area contributed by atoms with Gasteiger partial charge in [0.2, 0.25) is 0 Å². The molecule has 2 heterocycles. The van der Waals surface area contributed by atoms with Crippen LogP contribution in [0.5, 0.6) is 0 Å². The van der Waals surface area contributed by atoms with Gasteiger partial charge in [0.25, 0.3) is 0 Å². The van der Waals surface area contributed by atoms with E-state index in [2.05, 4.69) is 5.32 Å². The summed E-state index contributed by atoms with van der Waals surface area (Å²) in [6.45, 7) is 4.37. The van der Waals surface area contributed by atoms with Crippen LogP contribution in [0.15, 0.2) is 0 Å². The summed E-state index contributed by atoms with van der Waals surface area (Å²) in [7, 11) is 0. The third kappa shape index (κ3) is 1.89. The lowest BCUT2D eigenvalue weighted by molar-refractivity contribution is -0.150. The average molecular weight is 211 g/mol. The first-order valence-corrected chi connectivity index (χ1v) is 6.12. The Morgan fingerprint density at radius 1 is 1.53 bits per heavy atom. The molecule has 0 aromatic carbocycles. The lowest BCUT2D eigenvalue weighted by Gasteiger charge is -2.38. The van der Waals surface area contributed by atoms with Gasteiger partial charge in [-0.2, -0.15) is 0 Å². The van der Waals surface area contributed by atoms with Crippen molar-refractivity contribution < 1.29 is 9.53 Å². The molecule has 0 aromatic heterocycles. The number of nitrogens with one attached hydrogen (secondary N) is 1. The molecule has 0 saturated carbocycles. The maximum absolute atomic E-state index is 11.8. The Bertz CT molecular complexity index is 250. The van der Waals surface area contributed by atoms with Crippen molar-refractivity contribution in [1.29, 1.82) is 0 Å². The predicted octanol–water partition coefficient (Wildman–Crippen LogP) is 1.86. The van der Waals surface area contributed by atoms with Crippen molar-refractivity contribution in [3.63, 3.8) is 0 Å². The standard InChI is InChI=1S/C12H21NO2/c1-3-15-11(14)9(2)12-7-4-5-10(13-12)6-8-12/h9-10,13H,3-8H2,1-2H3. The maximum atomic E-state index is 11.8. The zero-order chi connectivity index (χ0) is 10.9. The fraction of sp³-hybridized carbons (Fsp3) is 0.917. The van der Waals surface area contributed by atoms with Crippen molar-refractivity contribution in [3.05, 3.63) is 0 Å². The molecule has 2 aliphatic heterocycles. The number of carbonyl (C=O) groups excluding carboxylic acids is 1. The largest absolute Gasteiger partial charge is 0.466 e. The fourth-order valence-electron chi connectivity index (χ4n) is 3.11. The Morgan fingerprint density at radius 2 is 2.33 bits per heavy atom. The molecule has 3 heteroatoms. The van der Waals surface area contributed by atoms with Gasteiger partial charge in [-0.25, -0.2) is 0 Å². The van der Waals surface area contributed by atoms with Gasteiger partial charge < -0.3 is 10.1 Å². The first kappa shape index (κ1) is 10.9. The summed E-state index contributed by atoms with van der Waals surface area (Å²) in [5.74, 6) is -0.0321. The Labute approximate surface area is 91.6 Å². The van der Waals surface area contributed by atoms with E-state index in [1.807, 2.05) is 13.8 Å². The Kier molecular flexibility index (Phi) is 3.01. The first-order valence-electron chi connectivity index (χ1n) is 6.12. The number of carbonyl (C=O) groups is 1. The van der Waals surface area contributed by atoms with E-state index >= 15 is 0 Å². The fourth-order valence-corrected chi connectivity index (χ4v) is 3.11. The van der Waals surface area contributed by atoms with E-state index < -0.39 is 0 Å². The normalized spacial score (nSPS) is 36.3. The van der Waals surface area contributed by atoms with Crippen LogP contribution in [0.3, 0.4) is 0 Å². The van der Waals surface area contributed by atoms with Crippen molar-refractivity contribution in [1.82, 2.24) is 5.32 Å². The minimum absolute atomic E-state index is 0.00255. The molecule has 3 unspecified atom stereocenters. The molecule has 1 N–H and O–H groups in total. The Morgan fingerprint density at radius 3 is 3.07 bits per heavy atom. The topological polar surface area (TPSA) is 38.3 Å². The van der Waals surface area contributed by atoms with Crippen LogP contribution in [0.1, 0.15) is 46.0 Å². The molecule has 0 spiro atoms. The Hall–Kier alpha value is -0.570. The van der Waals surface area contributed by atoms with E-state index in [4.69, 9.17) is 4.74 Å². The molecule has 3 atom stereocenters. The second kappa shape index (κ2) is 4.12. The van der Waals surface area contributed by atoms with Gasteiger partial charge >= 0.3 is 5.97 Å². The lowest BCUT2D eigenvalue weighted by Crippen LogP contribution is -2.53. The van der Waals surface area contributed by atoms with Gasteiger partial charge in [-0.15, -0.1) is 0 Å². The number of rotatable bonds is 3. The molecule has 0 amide bonds. The third-order valence-corrected chi connectivity index (χ3v) is 4.08. The van der Waals surface area contributed by atoms with Crippen molar-refractivity contribution in [3.8, 4) is 0 Å². The number of piperidine rings is 1. The van der Waals surface area contributed by atoms with Crippen molar-refractivity contribution in [2.24, 2.45) is 5.92 Å². The molecule has 86 valence electrons. The van der Waals surface area contributed by atoms with E-state index in [9.17, 15) is 4.79 Å². The van der Waals surface area contributed by atoms with Crippen LogP contribution in [0.2, 0.25) is 0 Å². The second-order valence-electron chi connectivity index (χ2n) is 4.90. The molecule has 2 bridgehead atoms. The van der Waals surface area contributed by atoms with Gasteiger partial charge in [0.1, 0.15) is 0 Å². The summed E-state index contributed by atoms with van der Waals surface area (Å²) < 4.78 is 5.12. The lowest BCUT2D eigenvalue weighted by atomic mass is 9.79. The number of fused-ring (bicyclic) bond motifs is 2. The summed E-state index contributed by atoms with van der Waals surface area (Å²) in [6, 6.07) is 0.649. The van der Waals surface area contributed by atoms with E-state index in [1.54, 1.807) is 0 Å². The molecular weight excluding hydrogens is 190 g/mol. The number of ether oxygens (including phenoxy) is 1. The molecule has 2 rings (SSSR count). The van der Waals surface area contributed by atoms with Crippen molar-refractivity contribution >= 4 is 5.97 Å². The zero-order valence-corrected chi connectivity index (χ0v) is 9.71. The summed E-state index contributed by atoms with van der Waals surface area (Å²) in [5.41, 5.74) is 0.0508. The minimum atomic E-state index is -0.0347. The molecule has 0 radical (unpaired) electrons. The van der Waals surface area contributed by atoms with Crippen LogP contribution in [-0.2, 0) is 9.53 Å². The molecule has 2 fully saturated rings. The monoisotopic (exact) mass is 211 g/mol. The second-order valence-corrected chi connectivity index (χ2v) is 4.90. The summed E-state index contributed by atoms with van der Waals surface area (Å²) in [5, 5.41) is 3.64. The maximum Gasteiger partial charge on any atom is 0.310 e. The predicted molar refractivity (Wildman–Crippen MR) is 58.5 cm³/mol. The van der Waals surface area contributed by atoms with E-state index in [-0.39, 0.29) is 17.4 Å². The van der Waals surface area contributed by atoms with Crippen LogP contribution >= 0.6 is 0 Å². The van der Waals surface area contributed by atoms with Gasteiger partial charge in [-0.3, -0.25) is 4.79 Å². The number of hydrogen-bond acceptors (Lipinski definition) is 3. The zero-order valence-electron chi connectivity index (χ0n) is 9.71. The van der Waals surface area contributed by atoms with Gasteiger partial charge in [0.15, 0.2) is 0 Å². The number of esters is 1.